The number of nitrogens with two attached hydrogens (primary N) is 1. The highest BCUT2D eigenvalue weighted by Crippen LogP contribution is 2.45. The first-order chi connectivity index (χ1) is 14.5. The summed E-state index contributed by atoms with van der Waals surface area (Å²) in [5.74, 6) is 0.463. The van der Waals surface area contributed by atoms with Crippen LogP contribution in [-0.2, 0) is 16.7 Å². The number of nitrogens with zero attached hydrogens (tertiary/aromatic N) is 2. The molecule has 6 nitrogen and oxygen atoms in total. The van der Waals surface area contributed by atoms with E-state index in [9.17, 15) is 13.6 Å². The van der Waals surface area contributed by atoms with Gasteiger partial charge in [0.25, 0.3) is 0 Å². The Bertz CT molecular complexity index is 970. The number of fused-ring (bicyclic) bond motifs is 1. The van der Waals surface area contributed by atoms with Crippen LogP contribution in [0.4, 0.5) is 8.78 Å². The number of alkyl halides is 1. The molecule has 0 unspecified atom stereocenters. The highest BCUT2D eigenvalue weighted by atomic mass is 32.2. The topological polar surface area (TPSA) is 86.8 Å². The SMILES string of the molecule is NC1=N[C@@]2(c3cc(CC(=O)c4ccc(OCF)cn4)ccc3F)COCC[C@H]2CS1. The van der Waals surface area contributed by atoms with Crippen LogP contribution in [0.5, 0.6) is 5.75 Å². The molecule has 0 amide bonds. The van der Waals surface area contributed by atoms with Gasteiger partial charge in [-0.15, -0.1) is 0 Å². The van der Waals surface area contributed by atoms with Crippen LogP contribution >= 0.6 is 11.8 Å². The first-order valence-electron chi connectivity index (χ1n) is 9.54. The normalized spacial score (nSPS) is 23.4. The van der Waals surface area contributed by atoms with Crippen molar-refractivity contribution in [3.05, 3.63) is 59.2 Å². The lowest BCUT2D eigenvalue weighted by molar-refractivity contribution is 0.00298. The fourth-order valence-electron chi connectivity index (χ4n) is 3.91. The van der Waals surface area contributed by atoms with Gasteiger partial charge in [0.05, 0.1) is 12.8 Å². The number of halogens is 2. The summed E-state index contributed by atoms with van der Waals surface area (Å²) in [7, 11) is 0. The minimum absolute atomic E-state index is 0.0408. The molecular weight excluding hydrogens is 412 g/mol. The summed E-state index contributed by atoms with van der Waals surface area (Å²) in [6.07, 6.45) is 2.10. The fourth-order valence-corrected chi connectivity index (χ4v) is 4.95. The summed E-state index contributed by atoms with van der Waals surface area (Å²) in [6.45, 7) is -0.105. The first-order valence-corrected chi connectivity index (χ1v) is 10.5. The van der Waals surface area contributed by atoms with Crippen molar-refractivity contribution < 1.29 is 23.0 Å². The Morgan fingerprint density at radius 3 is 3.00 bits per heavy atom. The maximum absolute atomic E-state index is 14.9. The van der Waals surface area contributed by atoms with Gasteiger partial charge in [-0.3, -0.25) is 4.79 Å². The number of carbonyl (C=O) groups excluding carboxylic acids is 1. The third-order valence-corrected chi connectivity index (χ3v) is 6.41. The lowest BCUT2D eigenvalue weighted by atomic mass is 9.76. The van der Waals surface area contributed by atoms with E-state index in [0.29, 0.717) is 22.9 Å². The summed E-state index contributed by atoms with van der Waals surface area (Å²) in [6, 6.07) is 7.58. The van der Waals surface area contributed by atoms with Crippen LogP contribution in [0, 0.1) is 11.7 Å². The average molecular weight is 433 g/mol. The molecule has 2 aliphatic rings. The molecule has 0 saturated carbocycles. The number of Topliss-reactive ketones (excluding diaryl/α,β-unsaturated/α-hetero) is 1. The zero-order valence-electron chi connectivity index (χ0n) is 16.1. The molecule has 2 aromatic rings. The van der Waals surface area contributed by atoms with E-state index in [1.54, 1.807) is 12.1 Å². The van der Waals surface area contributed by atoms with Crippen molar-refractivity contribution in [2.45, 2.75) is 18.4 Å². The molecule has 30 heavy (non-hydrogen) atoms. The number of amidine groups is 1. The monoisotopic (exact) mass is 433 g/mol. The smallest absolute Gasteiger partial charge is 0.228 e. The van der Waals surface area contributed by atoms with Crippen molar-refractivity contribution in [2.24, 2.45) is 16.6 Å². The third-order valence-electron chi connectivity index (χ3n) is 5.46. The second-order valence-corrected chi connectivity index (χ2v) is 8.31. The fraction of sp³-hybridized carbons (Fsp3) is 0.381. The molecule has 9 heteroatoms. The predicted molar refractivity (Wildman–Crippen MR) is 110 cm³/mol. The maximum atomic E-state index is 14.9. The number of ketones is 1. The highest BCUT2D eigenvalue weighted by molar-refractivity contribution is 8.13. The van der Waals surface area contributed by atoms with Crippen LogP contribution < -0.4 is 10.5 Å². The summed E-state index contributed by atoms with van der Waals surface area (Å²) < 4.78 is 37.5. The average Bonchev–Trinajstić information content (AvgIpc) is 2.75. The first kappa shape index (κ1) is 20.7. The van der Waals surface area contributed by atoms with Gasteiger partial charge in [-0.25, -0.2) is 18.8 Å². The number of aliphatic imine (C=N–C) groups is 1. The molecule has 0 spiro atoms. The van der Waals surface area contributed by atoms with Gasteiger partial charge in [-0.2, -0.15) is 0 Å². The Morgan fingerprint density at radius 1 is 1.37 bits per heavy atom. The van der Waals surface area contributed by atoms with Crippen LogP contribution in [0.15, 0.2) is 41.5 Å². The highest BCUT2D eigenvalue weighted by Gasteiger charge is 2.47. The number of pyridine rings is 1. The summed E-state index contributed by atoms with van der Waals surface area (Å²) >= 11 is 1.47. The van der Waals surface area contributed by atoms with Gasteiger partial charge in [-0.1, -0.05) is 17.8 Å². The molecule has 1 saturated heterocycles. The van der Waals surface area contributed by atoms with Crippen LogP contribution in [0.2, 0.25) is 0 Å². The molecule has 1 aromatic heterocycles. The molecule has 158 valence electrons. The molecule has 1 aromatic carbocycles. The zero-order chi connectivity index (χ0) is 21.1. The molecular formula is C21H21F2N3O3S. The number of hydrogen-bond donors (Lipinski definition) is 1. The Hall–Kier alpha value is -2.52. The number of aromatic nitrogens is 1. The number of carbonyl (C=O) groups is 1. The van der Waals surface area contributed by atoms with Gasteiger partial charge < -0.3 is 15.2 Å². The Labute approximate surface area is 176 Å². The van der Waals surface area contributed by atoms with Gasteiger partial charge in [0.15, 0.2) is 11.0 Å². The van der Waals surface area contributed by atoms with Crippen LogP contribution in [0.3, 0.4) is 0 Å². The van der Waals surface area contributed by atoms with Crippen molar-refractivity contribution in [1.82, 2.24) is 4.98 Å². The molecule has 2 atom stereocenters. The van der Waals surface area contributed by atoms with Gasteiger partial charge in [0.2, 0.25) is 6.86 Å². The maximum Gasteiger partial charge on any atom is 0.228 e. The minimum atomic E-state index is -0.967. The molecule has 3 heterocycles. The van der Waals surface area contributed by atoms with E-state index in [-0.39, 0.29) is 36.2 Å². The van der Waals surface area contributed by atoms with Gasteiger partial charge in [-0.05, 0) is 36.2 Å². The zero-order valence-corrected chi connectivity index (χ0v) is 17.0. The molecule has 0 bridgehead atoms. The van der Waals surface area contributed by atoms with Crippen LogP contribution in [0.1, 0.15) is 28.0 Å². The molecule has 0 aliphatic carbocycles. The predicted octanol–water partition coefficient (Wildman–Crippen LogP) is 3.25. The summed E-state index contributed by atoms with van der Waals surface area (Å²) in [5, 5.41) is 0.414. The molecule has 0 radical (unpaired) electrons. The standard InChI is InChI=1S/C21H21F2N3O3S/c22-12-29-15-2-4-18(25-9-15)19(27)8-13-1-3-17(23)16(7-13)21-11-28-6-5-14(21)10-30-20(24)26-21/h1-4,7,9,14H,5-6,8,10-12H2,(H2,24,26)/t14-,21-/m0/s1. The van der Waals surface area contributed by atoms with Crippen molar-refractivity contribution in [1.29, 1.82) is 0 Å². The van der Waals surface area contributed by atoms with Crippen molar-refractivity contribution in [3.8, 4) is 5.75 Å². The van der Waals surface area contributed by atoms with E-state index >= 15 is 0 Å². The third kappa shape index (κ3) is 4.04. The summed E-state index contributed by atoms with van der Waals surface area (Å²) in [5.41, 5.74) is 6.38. The number of hydrogen-bond acceptors (Lipinski definition) is 7. The molecule has 2 N–H and O–H groups in total. The number of benzene rings is 1. The lowest BCUT2D eigenvalue weighted by Gasteiger charge is -2.43. The van der Waals surface area contributed by atoms with Crippen molar-refractivity contribution in [3.63, 3.8) is 0 Å². The molecule has 4 rings (SSSR count). The van der Waals surface area contributed by atoms with Crippen molar-refractivity contribution in [2.75, 3.05) is 25.8 Å². The Kier molecular flexibility index (Phi) is 6.01. The van der Waals surface area contributed by atoms with Gasteiger partial charge in [0.1, 0.15) is 22.8 Å². The minimum Gasteiger partial charge on any atom is -0.461 e. The van der Waals surface area contributed by atoms with E-state index in [1.165, 1.54) is 36.2 Å². The number of thioether (sulfide) groups is 1. The largest absolute Gasteiger partial charge is 0.461 e. The van der Waals surface area contributed by atoms with Crippen LogP contribution in [0.25, 0.3) is 0 Å². The van der Waals surface area contributed by atoms with Crippen molar-refractivity contribution >= 4 is 22.7 Å². The molecule has 1 fully saturated rings. The second-order valence-electron chi connectivity index (χ2n) is 7.27. The number of rotatable bonds is 6. The summed E-state index contributed by atoms with van der Waals surface area (Å²) in [4.78, 5) is 21.3. The molecule has 2 aliphatic heterocycles. The Balaban J connectivity index is 1.62. The number of ether oxygens (including phenoxy) is 2. The Morgan fingerprint density at radius 2 is 2.23 bits per heavy atom. The van der Waals surface area contributed by atoms with E-state index in [2.05, 4.69) is 9.98 Å². The van der Waals surface area contributed by atoms with Gasteiger partial charge in [0, 0.05) is 30.3 Å². The quantitative estimate of drug-likeness (QED) is 0.704. The van der Waals surface area contributed by atoms with E-state index in [4.69, 9.17) is 15.2 Å². The van der Waals surface area contributed by atoms with Crippen LogP contribution in [-0.4, -0.2) is 41.8 Å². The second kappa shape index (κ2) is 8.69. The van der Waals surface area contributed by atoms with E-state index in [0.717, 1.165) is 12.2 Å². The van der Waals surface area contributed by atoms with Gasteiger partial charge >= 0.3 is 0 Å². The lowest BCUT2D eigenvalue weighted by Crippen LogP contribution is -2.48. The van der Waals surface area contributed by atoms with E-state index in [1.807, 2.05) is 0 Å². The van der Waals surface area contributed by atoms with E-state index < -0.39 is 18.2 Å².